The molecule has 1 unspecified atom stereocenters. The number of aromatic nitrogens is 2. The minimum atomic E-state index is -0.588. The number of halogens is 1. The highest BCUT2D eigenvalue weighted by molar-refractivity contribution is 5.95. The first kappa shape index (κ1) is 19.0. The molecule has 1 aromatic carbocycles. The second kappa shape index (κ2) is 7.87. The van der Waals surface area contributed by atoms with E-state index in [0.29, 0.717) is 43.8 Å². The van der Waals surface area contributed by atoms with E-state index in [-0.39, 0.29) is 11.8 Å². The Hall–Kier alpha value is -2.74. The molecule has 1 fully saturated rings. The van der Waals surface area contributed by atoms with Gasteiger partial charge in [-0.2, -0.15) is 0 Å². The lowest BCUT2D eigenvalue weighted by atomic mass is 9.94. The third-order valence-electron chi connectivity index (χ3n) is 4.95. The fraction of sp³-hybridized carbons (Fsp3) is 0.421. The number of hydrogen-bond acceptors (Lipinski definition) is 4. The summed E-state index contributed by atoms with van der Waals surface area (Å²) in [4.78, 5) is 31.1. The second-order valence-electron chi connectivity index (χ2n) is 6.85. The highest BCUT2D eigenvalue weighted by Gasteiger charge is 2.41. The molecule has 1 atom stereocenters. The van der Waals surface area contributed by atoms with E-state index in [1.807, 2.05) is 0 Å². The summed E-state index contributed by atoms with van der Waals surface area (Å²) in [6, 6.07) is 5.40. The number of methoxy groups -OCH3 is 1. The zero-order valence-electron chi connectivity index (χ0n) is 15.4. The third-order valence-corrected chi connectivity index (χ3v) is 4.95. The van der Waals surface area contributed by atoms with Gasteiger partial charge in [0, 0.05) is 39.4 Å². The van der Waals surface area contributed by atoms with Crippen LogP contribution in [0.25, 0.3) is 0 Å². The lowest BCUT2D eigenvalue weighted by Crippen LogP contribution is -2.51. The zero-order chi connectivity index (χ0) is 19.4. The highest BCUT2D eigenvalue weighted by atomic mass is 19.1. The van der Waals surface area contributed by atoms with Gasteiger partial charge < -0.3 is 19.5 Å². The predicted octanol–water partition coefficient (Wildman–Crippen LogP) is 1.61. The Bertz CT molecular complexity index is 821. The van der Waals surface area contributed by atoms with Gasteiger partial charge in [-0.1, -0.05) is 0 Å². The molecule has 0 aliphatic carbocycles. The number of hydrogen-bond donors (Lipinski definition) is 1. The molecule has 1 saturated heterocycles. The maximum absolute atomic E-state index is 13.1. The Kier molecular flexibility index (Phi) is 5.55. The Balaban J connectivity index is 1.75. The van der Waals surface area contributed by atoms with Crippen LogP contribution in [-0.2, 0) is 11.8 Å². The molecule has 1 aliphatic heterocycles. The van der Waals surface area contributed by atoms with E-state index >= 15 is 0 Å². The number of amides is 2. The normalized spacial score (nSPS) is 19.3. The highest BCUT2D eigenvalue weighted by Crippen LogP contribution is 2.27. The first-order chi connectivity index (χ1) is 12.9. The van der Waals surface area contributed by atoms with E-state index in [2.05, 4.69) is 10.3 Å². The fourth-order valence-corrected chi connectivity index (χ4v) is 3.35. The molecule has 27 heavy (non-hydrogen) atoms. The monoisotopic (exact) mass is 374 g/mol. The Labute approximate surface area is 157 Å². The number of carbonyl (C=O) groups excluding carboxylic acids is 2. The average Bonchev–Trinajstić information content (AvgIpc) is 3.27. The number of nitrogens with one attached hydrogen (secondary N) is 1. The Morgan fingerprint density at radius 2 is 2.07 bits per heavy atom. The minimum absolute atomic E-state index is 0.120. The van der Waals surface area contributed by atoms with E-state index in [0.717, 1.165) is 0 Å². The molecule has 2 heterocycles. The van der Waals surface area contributed by atoms with Crippen LogP contribution in [0.5, 0.6) is 0 Å². The van der Waals surface area contributed by atoms with Crippen molar-refractivity contribution >= 4 is 11.8 Å². The quantitative estimate of drug-likeness (QED) is 0.834. The summed E-state index contributed by atoms with van der Waals surface area (Å²) in [5.41, 5.74) is 0.294. The number of benzene rings is 1. The summed E-state index contributed by atoms with van der Waals surface area (Å²) < 4.78 is 20.0. The van der Waals surface area contributed by atoms with E-state index < -0.39 is 11.4 Å². The maximum Gasteiger partial charge on any atom is 0.272 e. The summed E-state index contributed by atoms with van der Waals surface area (Å²) >= 11 is 0. The second-order valence-corrected chi connectivity index (χ2v) is 6.85. The van der Waals surface area contributed by atoms with E-state index in [9.17, 15) is 14.0 Å². The number of ether oxygens (including phenoxy) is 1. The van der Waals surface area contributed by atoms with Crippen LogP contribution < -0.4 is 5.32 Å². The SMILES string of the molecule is COCCC1(NC(=O)c2ccc(F)cc2)CCN(C(=O)c2cncn2C)C1. The molecule has 2 aromatic rings. The van der Waals surface area contributed by atoms with Gasteiger partial charge in [-0.25, -0.2) is 9.37 Å². The molecular weight excluding hydrogens is 351 g/mol. The molecule has 0 spiro atoms. The number of likely N-dealkylation sites (tertiary alicyclic amines) is 1. The lowest BCUT2D eigenvalue weighted by molar-refractivity contribution is 0.0739. The standard InChI is InChI=1S/C19H23FN4O3/c1-23-13-21-11-16(23)18(26)24-9-7-19(12-24,8-10-27-2)22-17(25)14-3-5-15(20)6-4-14/h3-6,11,13H,7-10,12H2,1-2H3,(H,22,25). The molecule has 8 heteroatoms. The van der Waals surface area contributed by atoms with Crippen LogP contribution in [0.1, 0.15) is 33.7 Å². The van der Waals surface area contributed by atoms with Gasteiger partial charge in [0.2, 0.25) is 0 Å². The van der Waals surface area contributed by atoms with E-state index in [1.165, 1.54) is 30.5 Å². The van der Waals surface area contributed by atoms with Crippen molar-refractivity contribution in [2.75, 3.05) is 26.8 Å². The summed E-state index contributed by atoms with van der Waals surface area (Å²) in [5.74, 6) is -0.805. The lowest BCUT2D eigenvalue weighted by Gasteiger charge is -2.30. The van der Waals surface area contributed by atoms with Gasteiger partial charge in [0.1, 0.15) is 11.5 Å². The van der Waals surface area contributed by atoms with Gasteiger partial charge in [-0.3, -0.25) is 9.59 Å². The molecule has 0 radical (unpaired) electrons. The van der Waals surface area contributed by atoms with Crippen LogP contribution in [0.3, 0.4) is 0 Å². The van der Waals surface area contributed by atoms with Gasteiger partial charge >= 0.3 is 0 Å². The fourth-order valence-electron chi connectivity index (χ4n) is 3.35. The van der Waals surface area contributed by atoms with Crippen molar-refractivity contribution in [2.24, 2.45) is 7.05 Å². The Morgan fingerprint density at radius 3 is 2.70 bits per heavy atom. The van der Waals surface area contributed by atoms with Crippen molar-refractivity contribution in [3.8, 4) is 0 Å². The maximum atomic E-state index is 13.1. The minimum Gasteiger partial charge on any atom is -0.385 e. The summed E-state index contributed by atoms with van der Waals surface area (Å²) in [5, 5.41) is 3.05. The van der Waals surface area contributed by atoms with Crippen LogP contribution in [0.15, 0.2) is 36.8 Å². The molecule has 1 aromatic heterocycles. The van der Waals surface area contributed by atoms with Gasteiger partial charge in [0.25, 0.3) is 11.8 Å². The number of carbonyl (C=O) groups is 2. The number of rotatable bonds is 6. The van der Waals surface area contributed by atoms with Crippen molar-refractivity contribution in [3.63, 3.8) is 0 Å². The molecule has 2 amide bonds. The van der Waals surface area contributed by atoms with Crippen molar-refractivity contribution in [1.29, 1.82) is 0 Å². The van der Waals surface area contributed by atoms with Gasteiger partial charge in [-0.15, -0.1) is 0 Å². The molecule has 1 aliphatic rings. The average molecular weight is 374 g/mol. The van der Waals surface area contributed by atoms with Crippen molar-refractivity contribution in [3.05, 3.63) is 53.9 Å². The van der Waals surface area contributed by atoms with Crippen LogP contribution in [0.2, 0.25) is 0 Å². The predicted molar refractivity (Wildman–Crippen MR) is 96.8 cm³/mol. The van der Waals surface area contributed by atoms with Crippen molar-refractivity contribution in [1.82, 2.24) is 19.8 Å². The summed E-state index contributed by atoms with van der Waals surface area (Å²) in [6.45, 7) is 1.36. The van der Waals surface area contributed by atoms with Crippen molar-refractivity contribution < 1.29 is 18.7 Å². The largest absolute Gasteiger partial charge is 0.385 e. The van der Waals surface area contributed by atoms with Gasteiger partial charge in [-0.05, 0) is 37.1 Å². The topological polar surface area (TPSA) is 76.5 Å². The van der Waals surface area contributed by atoms with Gasteiger partial charge in [0.05, 0.1) is 18.1 Å². The number of nitrogens with zero attached hydrogens (tertiary/aromatic N) is 3. The molecule has 1 N–H and O–H groups in total. The van der Waals surface area contributed by atoms with Gasteiger partial charge in [0.15, 0.2) is 0 Å². The van der Waals surface area contributed by atoms with Crippen LogP contribution >= 0.6 is 0 Å². The number of imidazole rings is 1. The van der Waals surface area contributed by atoms with Crippen LogP contribution in [0, 0.1) is 5.82 Å². The van der Waals surface area contributed by atoms with Crippen LogP contribution in [-0.4, -0.2) is 58.6 Å². The molecule has 0 bridgehead atoms. The number of aryl methyl sites for hydroxylation is 1. The molecule has 144 valence electrons. The molecular formula is C19H23FN4O3. The first-order valence-corrected chi connectivity index (χ1v) is 8.77. The molecule has 7 nitrogen and oxygen atoms in total. The zero-order valence-corrected chi connectivity index (χ0v) is 15.4. The molecule has 0 saturated carbocycles. The first-order valence-electron chi connectivity index (χ1n) is 8.77. The van der Waals surface area contributed by atoms with Crippen molar-refractivity contribution in [2.45, 2.75) is 18.4 Å². The molecule has 3 rings (SSSR count). The van der Waals surface area contributed by atoms with E-state index in [1.54, 1.807) is 30.0 Å². The van der Waals surface area contributed by atoms with Crippen LogP contribution in [0.4, 0.5) is 4.39 Å². The third kappa shape index (κ3) is 4.16. The Morgan fingerprint density at radius 1 is 1.33 bits per heavy atom. The van der Waals surface area contributed by atoms with E-state index in [4.69, 9.17) is 4.74 Å². The summed E-state index contributed by atoms with van der Waals surface area (Å²) in [7, 11) is 3.37. The smallest absolute Gasteiger partial charge is 0.272 e. The summed E-state index contributed by atoms with van der Waals surface area (Å²) in [6.07, 6.45) is 4.31.